The minimum atomic E-state index is -0.805. The standard InChI is InChI=1S/C15H11BrN2O/c1-10-2-3-14(16)12(8-10)15(19)13(9-17)11-4-6-18-7-5-11/h2-8,13H,1H3. The number of halogens is 1. The first-order chi connectivity index (χ1) is 9.13. The average Bonchev–Trinajstić information content (AvgIpc) is 2.43. The van der Waals surface area contributed by atoms with Gasteiger partial charge in [-0.3, -0.25) is 9.78 Å². The van der Waals surface area contributed by atoms with E-state index in [0.717, 1.165) is 5.56 Å². The van der Waals surface area contributed by atoms with Crippen molar-refractivity contribution in [3.8, 4) is 6.07 Å². The van der Waals surface area contributed by atoms with Crippen molar-refractivity contribution in [1.29, 1.82) is 5.26 Å². The largest absolute Gasteiger partial charge is 0.292 e. The molecule has 4 heteroatoms. The third kappa shape index (κ3) is 2.88. The van der Waals surface area contributed by atoms with E-state index in [1.807, 2.05) is 19.1 Å². The van der Waals surface area contributed by atoms with Crippen molar-refractivity contribution < 1.29 is 4.79 Å². The van der Waals surface area contributed by atoms with Crippen LogP contribution in [0.4, 0.5) is 0 Å². The van der Waals surface area contributed by atoms with E-state index >= 15 is 0 Å². The Morgan fingerprint density at radius 1 is 1.32 bits per heavy atom. The Morgan fingerprint density at radius 3 is 2.63 bits per heavy atom. The van der Waals surface area contributed by atoms with Gasteiger partial charge in [0, 0.05) is 22.4 Å². The van der Waals surface area contributed by atoms with Crippen molar-refractivity contribution >= 4 is 21.7 Å². The number of benzene rings is 1. The minimum absolute atomic E-state index is 0.204. The Bertz CT molecular complexity index is 647. The molecule has 3 nitrogen and oxygen atoms in total. The van der Waals surface area contributed by atoms with Gasteiger partial charge in [-0.15, -0.1) is 0 Å². The quantitative estimate of drug-likeness (QED) is 0.813. The van der Waals surface area contributed by atoms with Crippen LogP contribution in [-0.4, -0.2) is 10.8 Å². The topological polar surface area (TPSA) is 53.8 Å². The Morgan fingerprint density at radius 2 is 2.00 bits per heavy atom. The van der Waals surface area contributed by atoms with Crippen LogP contribution in [0.2, 0.25) is 0 Å². The predicted octanol–water partition coefficient (Wildman–Crippen LogP) is 3.64. The van der Waals surface area contributed by atoms with Gasteiger partial charge in [-0.05, 0) is 36.8 Å². The maximum absolute atomic E-state index is 12.5. The van der Waals surface area contributed by atoms with Crippen LogP contribution in [0.15, 0.2) is 47.2 Å². The fraction of sp³-hybridized carbons (Fsp3) is 0.133. The van der Waals surface area contributed by atoms with Crippen molar-refractivity contribution in [3.05, 3.63) is 63.9 Å². The molecule has 0 amide bonds. The predicted molar refractivity (Wildman–Crippen MR) is 75.8 cm³/mol. The highest BCUT2D eigenvalue weighted by atomic mass is 79.9. The molecule has 0 aliphatic carbocycles. The normalized spacial score (nSPS) is 11.6. The molecule has 0 spiro atoms. The zero-order valence-corrected chi connectivity index (χ0v) is 11.9. The molecule has 0 aliphatic rings. The summed E-state index contributed by atoms with van der Waals surface area (Å²) in [6.07, 6.45) is 3.16. The van der Waals surface area contributed by atoms with Crippen molar-refractivity contribution in [2.24, 2.45) is 0 Å². The van der Waals surface area contributed by atoms with E-state index < -0.39 is 5.92 Å². The summed E-state index contributed by atoms with van der Waals surface area (Å²) in [4.78, 5) is 16.4. The number of Topliss-reactive ketones (excluding diaryl/α,β-unsaturated/α-hetero) is 1. The van der Waals surface area contributed by atoms with Crippen LogP contribution in [0, 0.1) is 18.3 Å². The van der Waals surface area contributed by atoms with Crippen molar-refractivity contribution in [1.82, 2.24) is 4.98 Å². The number of carbonyl (C=O) groups excluding carboxylic acids is 1. The van der Waals surface area contributed by atoms with Crippen LogP contribution in [0.5, 0.6) is 0 Å². The molecule has 19 heavy (non-hydrogen) atoms. The minimum Gasteiger partial charge on any atom is -0.292 e. The highest BCUT2D eigenvalue weighted by Gasteiger charge is 2.23. The van der Waals surface area contributed by atoms with Crippen LogP contribution in [0.1, 0.15) is 27.4 Å². The second kappa shape index (κ2) is 5.77. The van der Waals surface area contributed by atoms with E-state index in [2.05, 4.69) is 27.0 Å². The van der Waals surface area contributed by atoms with E-state index in [0.29, 0.717) is 15.6 Å². The van der Waals surface area contributed by atoms with Crippen molar-refractivity contribution in [2.45, 2.75) is 12.8 Å². The third-order valence-corrected chi connectivity index (χ3v) is 3.51. The number of carbonyl (C=O) groups is 1. The fourth-order valence-electron chi connectivity index (χ4n) is 1.82. The van der Waals surface area contributed by atoms with Gasteiger partial charge >= 0.3 is 0 Å². The summed E-state index contributed by atoms with van der Waals surface area (Å²) in [5.41, 5.74) is 2.18. The Balaban J connectivity index is 2.43. The van der Waals surface area contributed by atoms with Gasteiger partial charge in [0.05, 0.1) is 6.07 Å². The molecule has 0 saturated heterocycles. The molecule has 0 aliphatic heterocycles. The number of hydrogen-bond donors (Lipinski definition) is 0. The average molecular weight is 315 g/mol. The molecule has 1 atom stereocenters. The molecular weight excluding hydrogens is 304 g/mol. The second-order valence-electron chi connectivity index (χ2n) is 4.19. The summed E-state index contributed by atoms with van der Waals surface area (Å²) in [6.45, 7) is 1.91. The number of aryl methyl sites for hydroxylation is 1. The summed E-state index contributed by atoms with van der Waals surface area (Å²) in [5.74, 6) is -1.01. The number of nitrogens with zero attached hydrogens (tertiary/aromatic N) is 2. The molecule has 0 radical (unpaired) electrons. The molecule has 1 unspecified atom stereocenters. The van der Waals surface area contributed by atoms with Gasteiger partial charge in [-0.2, -0.15) is 5.26 Å². The van der Waals surface area contributed by atoms with Gasteiger partial charge in [0.2, 0.25) is 0 Å². The molecule has 1 aromatic heterocycles. The molecular formula is C15H11BrN2O. The van der Waals surface area contributed by atoms with Crippen LogP contribution in [0.25, 0.3) is 0 Å². The molecule has 0 saturated carbocycles. The Kier molecular flexibility index (Phi) is 4.08. The van der Waals surface area contributed by atoms with Gasteiger partial charge in [0.25, 0.3) is 0 Å². The molecule has 1 aromatic carbocycles. The number of rotatable bonds is 3. The molecule has 94 valence electrons. The summed E-state index contributed by atoms with van der Waals surface area (Å²) < 4.78 is 0.706. The van der Waals surface area contributed by atoms with Crippen LogP contribution >= 0.6 is 15.9 Å². The lowest BCUT2D eigenvalue weighted by Crippen LogP contribution is -2.12. The Labute approximate surface area is 120 Å². The summed E-state index contributed by atoms with van der Waals surface area (Å²) in [7, 11) is 0. The molecule has 2 aromatic rings. The molecule has 0 fully saturated rings. The van der Waals surface area contributed by atoms with Crippen LogP contribution in [0.3, 0.4) is 0 Å². The Hall–Kier alpha value is -1.99. The maximum Gasteiger partial charge on any atom is 0.185 e. The van der Waals surface area contributed by atoms with Gasteiger partial charge in [-0.1, -0.05) is 27.6 Å². The lowest BCUT2D eigenvalue weighted by atomic mass is 9.92. The smallest absolute Gasteiger partial charge is 0.185 e. The van der Waals surface area contributed by atoms with E-state index in [9.17, 15) is 10.1 Å². The van der Waals surface area contributed by atoms with Crippen molar-refractivity contribution in [2.75, 3.05) is 0 Å². The van der Waals surface area contributed by atoms with Gasteiger partial charge in [-0.25, -0.2) is 0 Å². The number of aromatic nitrogens is 1. The SMILES string of the molecule is Cc1ccc(Br)c(C(=O)C(C#N)c2ccncc2)c1. The monoisotopic (exact) mass is 314 g/mol. The molecule has 2 rings (SSSR count). The maximum atomic E-state index is 12.5. The summed E-state index contributed by atoms with van der Waals surface area (Å²) >= 11 is 3.36. The molecule has 1 heterocycles. The number of nitriles is 1. The first-order valence-electron chi connectivity index (χ1n) is 5.73. The first-order valence-corrected chi connectivity index (χ1v) is 6.52. The van der Waals surface area contributed by atoms with Crippen LogP contribution < -0.4 is 0 Å². The number of ketones is 1. The lowest BCUT2D eigenvalue weighted by molar-refractivity contribution is 0.0978. The fourth-order valence-corrected chi connectivity index (χ4v) is 2.27. The molecule has 0 N–H and O–H groups in total. The summed E-state index contributed by atoms with van der Waals surface area (Å²) in [6, 6.07) is 11.0. The van der Waals surface area contributed by atoms with Gasteiger partial charge < -0.3 is 0 Å². The molecule has 0 bridgehead atoms. The summed E-state index contributed by atoms with van der Waals surface area (Å²) in [5, 5.41) is 9.26. The van der Waals surface area contributed by atoms with E-state index in [-0.39, 0.29) is 5.78 Å². The van der Waals surface area contributed by atoms with E-state index in [1.165, 1.54) is 0 Å². The zero-order valence-electron chi connectivity index (χ0n) is 10.3. The lowest BCUT2D eigenvalue weighted by Gasteiger charge is -2.10. The number of pyridine rings is 1. The van der Waals surface area contributed by atoms with E-state index in [1.54, 1.807) is 30.6 Å². The van der Waals surface area contributed by atoms with Crippen molar-refractivity contribution in [3.63, 3.8) is 0 Å². The van der Waals surface area contributed by atoms with E-state index in [4.69, 9.17) is 0 Å². The highest BCUT2D eigenvalue weighted by molar-refractivity contribution is 9.10. The van der Waals surface area contributed by atoms with Gasteiger partial charge in [0.15, 0.2) is 5.78 Å². The van der Waals surface area contributed by atoms with Gasteiger partial charge in [0.1, 0.15) is 5.92 Å². The first kappa shape index (κ1) is 13.4. The third-order valence-electron chi connectivity index (χ3n) is 2.82. The second-order valence-corrected chi connectivity index (χ2v) is 5.04. The zero-order chi connectivity index (χ0) is 13.8. The van der Waals surface area contributed by atoms with Crippen LogP contribution in [-0.2, 0) is 0 Å². The highest BCUT2D eigenvalue weighted by Crippen LogP contribution is 2.25. The number of hydrogen-bond acceptors (Lipinski definition) is 3.